The third kappa shape index (κ3) is 3.68. The van der Waals surface area contributed by atoms with Crippen LogP contribution in [-0.4, -0.2) is 30.4 Å². The first-order valence-corrected chi connectivity index (χ1v) is 10.4. The van der Waals surface area contributed by atoms with Crippen molar-refractivity contribution in [1.82, 2.24) is 16.2 Å². The fourth-order valence-electron chi connectivity index (χ4n) is 5.96. The van der Waals surface area contributed by atoms with Gasteiger partial charge in [-0.1, -0.05) is 0 Å². The molecule has 8 heteroatoms. The molecule has 4 saturated carbocycles. The average Bonchev–Trinajstić information content (AvgIpc) is 3.12. The molecular formula is C21H27N3O5. The molecule has 1 heterocycles. The van der Waals surface area contributed by atoms with Crippen LogP contribution in [0.3, 0.4) is 0 Å². The van der Waals surface area contributed by atoms with Crippen molar-refractivity contribution in [3.8, 4) is 17.2 Å². The third-order valence-electron chi connectivity index (χ3n) is 6.74. The maximum atomic E-state index is 12.4. The molecule has 1 aromatic carbocycles. The summed E-state index contributed by atoms with van der Waals surface area (Å²) in [5.41, 5.74) is 4.85. The second-order valence-electron chi connectivity index (χ2n) is 9.04. The molecule has 1 atom stereocenters. The second-order valence-corrected chi connectivity index (χ2v) is 9.04. The lowest BCUT2D eigenvalue weighted by atomic mass is 9.53. The third-order valence-corrected chi connectivity index (χ3v) is 6.74. The van der Waals surface area contributed by atoms with E-state index in [1.807, 2.05) is 0 Å². The van der Waals surface area contributed by atoms with Crippen LogP contribution in [0, 0.1) is 17.8 Å². The molecule has 1 aromatic rings. The number of nitrogens with one attached hydrogen (secondary N) is 3. The Morgan fingerprint density at radius 1 is 1.03 bits per heavy atom. The molecule has 3 amide bonds. The lowest BCUT2D eigenvalue weighted by Crippen LogP contribution is -2.63. The van der Waals surface area contributed by atoms with Crippen molar-refractivity contribution in [3.05, 3.63) is 18.2 Å². The maximum absolute atomic E-state index is 12.4. The normalized spacial score (nSPS) is 31.8. The van der Waals surface area contributed by atoms with Crippen LogP contribution in [0.25, 0.3) is 0 Å². The van der Waals surface area contributed by atoms with Gasteiger partial charge in [0.15, 0.2) is 17.6 Å². The fourth-order valence-corrected chi connectivity index (χ4v) is 5.96. The zero-order chi connectivity index (χ0) is 20.0. The highest BCUT2D eigenvalue weighted by Crippen LogP contribution is 2.55. The molecule has 0 aromatic heterocycles. The van der Waals surface area contributed by atoms with Crippen LogP contribution in [0.4, 0.5) is 4.79 Å². The largest absolute Gasteiger partial charge is 0.481 e. The van der Waals surface area contributed by atoms with Gasteiger partial charge in [-0.05, 0) is 75.3 Å². The zero-order valence-electron chi connectivity index (χ0n) is 16.5. The molecule has 3 N–H and O–H groups in total. The van der Waals surface area contributed by atoms with Gasteiger partial charge in [0, 0.05) is 11.6 Å². The average molecular weight is 401 g/mol. The fraction of sp³-hybridized carbons (Fsp3) is 0.619. The van der Waals surface area contributed by atoms with Gasteiger partial charge in [0.2, 0.25) is 6.79 Å². The molecule has 4 fully saturated rings. The summed E-state index contributed by atoms with van der Waals surface area (Å²) in [6, 6.07) is 4.78. The van der Waals surface area contributed by atoms with E-state index in [2.05, 4.69) is 16.2 Å². The van der Waals surface area contributed by atoms with Crippen molar-refractivity contribution < 1.29 is 23.8 Å². The van der Waals surface area contributed by atoms with Gasteiger partial charge < -0.3 is 19.5 Å². The van der Waals surface area contributed by atoms with Gasteiger partial charge in [0.25, 0.3) is 5.91 Å². The Hall–Kier alpha value is -2.64. The quantitative estimate of drug-likeness (QED) is 0.674. The Kier molecular flexibility index (Phi) is 4.44. The van der Waals surface area contributed by atoms with Crippen molar-refractivity contribution in [2.45, 2.75) is 57.1 Å². The maximum Gasteiger partial charge on any atom is 0.333 e. The molecule has 4 bridgehead atoms. The Balaban J connectivity index is 1.11. The van der Waals surface area contributed by atoms with Crippen LogP contribution in [0.2, 0.25) is 0 Å². The van der Waals surface area contributed by atoms with Crippen molar-refractivity contribution in [3.63, 3.8) is 0 Å². The summed E-state index contributed by atoms with van der Waals surface area (Å²) >= 11 is 0. The van der Waals surface area contributed by atoms with Crippen LogP contribution >= 0.6 is 0 Å². The Labute approximate surface area is 169 Å². The molecule has 0 saturated heterocycles. The van der Waals surface area contributed by atoms with Crippen molar-refractivity contribution in [2.24, 2.45) is 17.8 Å². The lowest BCUT2D eigenvalue weighted by molar-refractivity contribution is -0.128. The molecule has 0 unspecified atom stereocenters. The molecular weight excluding hydrogens is 374 g/mol. The molecule has 0 radical (unpaired) electrons. The smallest absolute Gasteiger partial charge is 0.333 e. The van der Waals surface area contributed by atoms with Crippen molar-refractivity contribution in [2.75, 3.05) is 6.79 Å². The molecule has 8 nitrogen and oxygen atoms in total. The highest BCUT2D eigenvalue weighted by atomic mass is 16.7. The number of urea groups is 1. The first kappa shape index (κ1) is 18.4. The van der Waals surface area contributed by atoms with Crippen molar-refractivity contribution >= 4 is 11.9 Å². The van der Waals surface area contributed by atoms with Crippen LogP contribution in [-0.2, 0) is 4.79 Å². The summed E-state index contributed by atoms with van der Waals surface area (Å²) in [5, 5.41) is 3.16. The Morgan fingerprint density at radius 2 is 1.69 bits per heavy atom. The van der Waals surface area contributed by atoms with Gasteiger partial charge >= 0.3 is 6.03 Å². The molecule has 0 spiro atoms. The van der Waals surface area contributed by atoms with E-state index in [-0.39, 0.29) is 18.4 Å². The predicted molar refractivity (Wildman–Crippen MR) is 103 cm³/mol. The predicted octanol–water partition coefficient (Wildman–Crippen LogP) is 2.48. The number of amides is 3. The molecule has 1 aliphatic heterocycles. The number of fused-ring (bicyclic) bond motifs is 1. The number of carbonyl (C=O) groups is 2. The SMILES string of the molecule is C[C@@H](Oc1ccc2c(c1)OCO2)C(=O)NNC(=O)NC12CC3CC(CC(C3)C1)C2. The van der Waals surface area contributed by atoms with Crippen LogP contribution < -0.4 is 30.4 Å². The second kappa shape index (κ2) is 7.00. The summed E-state index contributed by atoms with van der Waals surface area (Å²) < 4.78 is 16.2. The molecule has 4 aliphatic carbocycles. The molecule has 5 aliphatic rings. The first-order valence-electron chi connectivity index (χ1n) is 10.4. The summed E-state index contributed by atoms with van der Waals surface area (Å²) in [5.74, 6) is 3.53. The first-order chi connectivity index (χ1) is 14.0. The van der Waals surface area contributed by atoms with E-state index < -0.39 is 12.0 Å². The highest BCUT2D eigenvalue weighted by Gasteiger charge is 2.51. The number of carbonyl (C=O) groups excluding carboxylic acids is 2. The number of hydrogen-bond donors (Lipinski definition) is 3. The van der Waals surface area contributed by atoms with Gasteiger partial charge in [0.1, 0.15) is 5.75 Å². The zero-order valence-corrected chi connectivity index (χ0v) is 16.5. The summed E-state index contributed by atoms with van der Waals surface area (Å²) in [6.45, 7) is 1.80. The summed E-state index contributed by atoms with van der Waals surface area (Å²) in [7, 11) is 0. The lowest BCUT2D eigenvalue weighted by Gasteiger charge is -2.56. The van der Waals surface area contributed by atoms with E-state index in [4.69, 9.17) is 14.2 Å². The summed E-state index contributed by atoms with van der Waals surface area (Å²) in [4.78, 5) is 24.7. The molecule has 6 rings (SSSR count). The summed E-state index contributed by atoms with van der Waals surface area (Å²) in [6.07, 6.45) is 6.34. The number of hydrogen-bond acceptors (Lipinski definition) is 5. The van der Waals surface area contributed by atoms with E-state index in [1.165, 1.54) is 19.3 Å². The minimum atomic E-state index is -0.782. The van der Waals surface area contributed by atoms with Crippen LogP contribution in [0.5, 0.6) is 17.2 Å². The number of ether oxygens (including phenoxy) is 3. The standard InChI is InChI=1S/C21H27N3O5/c1-12(29-16-2-3-17-18(7-16)28-11-27-17)19(25)23-24-20(26)22-21-8-13-4-14(9-21)6-15(5-13)10-21/h2-3,7,12-15H,4-6,8-11H2,1H3,(H,23,25)(H2,22,24,26)/t12-,13?,14?,15?,21?/m1/s1. The van der Waals surface area contributed by atoms with Gasteiger partial charge in [0.05, 0.1) is 0 Å². The number of rotatable bonds is 4. The Bertz CT molecular complexity index is 791. The van der Waals surface area contributed by atoms with Crippen molar-refractivity contribution in [1.29, 1.82) is 0 Å². The van der Waals surface area contributed by atoms with Crippen LogP contribution in [0.1, 0.15) is 45.4 Å². The highest BCUT2D eigenvalue weighted by molar-refractivity contribution is 5.84. The van der Waals surface area contributed by atoms with Gasteiger partial charge in [-0.25, -0.2) is 10.2 Å². The Morgan fingerprint density at radius 3 is 2.38 bits per heavy atom. The van der Waals surface area contributed by atoms with Gasteiger partial charge in [-0.3, -0.25) is 10.2 Å². The molecule has 156 valence electrons. The van der Waals surface area contributed by atoms with Crippen LogP contribution in [0.15, 0.2) is 18.2 Å². The van der Waals surface area contributed by atoms with Gasteiger partial charge in [-0.2, -0.15) is 0 Å². The van der Waals surface area contributed by atoms with E-state index in [1.54, 1.807) is 25.1 Å². The topological polar surface area (TPSA) is 97.9 Å². The van der Waals surface area contributed by atoms with E-state index in [0.717, 1.165) is 37.0 Å². The van der Waals surface area contributed by atoms with E-state index in [0.29, 0.717) is 17.2 Å². The number of benzene rings is 1. The minimum Gasteiger partial charge on any atom is -0.481 e. The molecule has 29 heavy (non-hydrogen) atoms. The van der Waals surface area contributed by atoms with E-state index in [9.17, 15) is 9.59 Å². The van der Waals surface area contributed by atoms with E-state index >= 15 is 0 Å². The van der Waals surface area contributed by atoms with Gasteiger partial charge in [-0.15, -0.1) is 0 Å². The number of hydrazine groups is 1. The monoisotopic (exact) mass is 401 g/mol. The minimum absolute atomic E-state index is 0.0990.